The van der Waals surface area contributed by atoms with Gasteiger partial charge in [-0.05, 0) is 176 Å². The number of aryl methyl sites for hydroxylation is 3. The highest BCUT2D eigenvalue weighted by atomic mass is 19.1. The summed E-state index contributed by atoms with van der Waals surface area (Å²) in [5, 5.41) is 5.23. The Morgan fingerprint density at radius 2 is 1.65 bits per heavy atom. The summed E-state index contributed by atoms with van der Waals surface area (Å²) < 4.78 is 32.4. The van der Waals surface area contributed by atoms with Crippen LogP contribution in [0, 0.1) is 38.4 Å². The van der Waals surface area contributed by atoms with Crippen LogP contribution in [-0.4, -0.2) is 0 Å². The average Bonchev–Trinajstić information content (AvgIpc) is 3.44. The molecule has 0 heterocycles. The minimum absolute atomic E-state index is 0.0864. The molecule has 282 valence electrons. The van der Waals surface area contributed by atoms with Crippen LogP contribution in [0.25, 0.3) is 49.9 Å². The van der Waals surface area contributed by atoms with Crippen LogP contribution in [0.3, 0.4) is 0 Å². The van der Waals surface area contributed by atoms with E-state index in [1.165, 1.54) is 21.9 Å². The van der Waals surface area contributed by atoms with Gasteiger partial charge in [0.2, 0.25) is 0 Å². The Kier molecular flexibility index (Phi) is 9.40. The van der Waals surface area contributed by atoms with E-state index in [1.807, 2.05) is 31.2 Å². The van der Waals surface area contributed by atoms with E-state index in [9.17, 15) is 0 Å². The maximum atomic E-state index is 16.3. The molecule has 0 aromatic heterocycles. The molecule has 2 unspecified atom stereocenters. The third-order valence-electron chi connectivity index (χ3n) is 12.9. The van der Waals surface area contributed by atoms with Crippen molar-refractivity contribution in [1.82, 2.24) is 0 Å². The average molecular weight is 747 g/mol. The highest BCUT2D eigenvalue weighted by Crippen LogP contribution is 2.56. The van der Waals surface area contributed by atoms with Gasteiger partial charge in [-0.25, -0.2) is 8.78 Å². The van der Waals surface area contributed by atoms with Gasteiger partial charge in [0.05, 0.1) is 0 Å². The molecule has 0 nitrogen and oxygen atoms in total. The molecule has 0 N–H and O–H groups in total. The number of benzene rings is 2. The second-order valence-electron chi connectivity index (χ2n) is 16.4. The van der Waals surface area contributed by atoms with E-state index in [4.69, 9.17) is 6.58 Å². The Morgan fingerprint density at radius 3 is 2.39 bits per heavy atom. The monoisotopic (exact) mass is 746 g/mol. The molecule has 0 aliphatic heterocycles. The van der Waals surface area contributed by atoms with Gasteiger partial charge in [0, 0.05) is 11.5 Å². The van der Waals surface area contributed by atoms with Crippen LogP contribution in [0.2, 0.25) is 0 Å². The first kappa shape index (κ1) is 36.8. The van der Waals surface area contributed by atoms with Crippen molar-refractivity contribution in [3.63, 3.8) is 0 Å². The fourth-order valence-corrected chi connectivity index (χ4v) is 10.1. The van der Waals surface area contributed by atoms with E-state index in [1.54, 1.807) is 6.07 Å². The molecule has 0 saturated heterocycles. The summed E-state index contributed by atoms with van der Waals surface area (Å²) in [4.78, 5) is 0. The molecule has 2 bridgehead atoms. The topological polar surface area (TPSA) is 0 Å². The molecule has 57 heavy (non-hydrogen) atoms. The van der Waals surface area contributed by atoms with Gasteiger partial charge in [0.25, 0.3) is 0 Å². The lowest BCUT2D eigenvalue weighted by atomic mass is 9.72. The SMILES string of the molecule is C=C(F)C1=C(C(=C)C2=CC=CCC2)C2CC(C3=CCC(C)C=C3)=c3cccc4cc(-c5ccccc5)ccc(F)c(C)c5cc(C)c(c6c3C2=C1CC=C6)c(C)c45. The highest BCUT2D eigenvalue weighted by Gasteiger charge is 2.41. The number of hydrogen-bond donors (Lipinski definition) is 0. The van der Waals surface area contributed by atoms with Crippen molar-refractivity contribution in [1.29, 1.82) is 0 Å². The van der Waals surface area contributed by atoms with E-state index in [2.05, 4.69) is 118 Å². The molecule has 5 aliphatic rings. The largest absolute Gasteiger partial charge is 0.207 e. The standard InChI is InChI=1S/C55H48F2/c1-32-23-25-40(26-24-32)47-31-48-52(34(3)38-15-9-7-10-16-38)53(37(6)56)45-22-14-21-44-50-33(2)29-46-35(4)49(57)28-27-41(39-17-11-8-12-18-39)30-42(51(46)36(50)5)19-13-20-43(47)54(44)55(45)48/h7-9,11-15,17-21,23,25-30,32,48H,3,6,10,16,22,24,31H2,1-2,4-5H3. The van der Waals surface area contributed by atoms with Gasteiger partial charge in [-0.2, -0.15) is 0 Å². The zero-order valence-corrected chi connectivity index (χ0v) is 33.4. The van der Waals surface area contributed by atoms with Gasteiger partial charge in [0.1, 0.15) is 11.6 Å². The number of hydrogen-bond acceptors (Lipinski definition) is 0. The van der Waals surface area contributed by atoms with E-state index in [-0.39, 0.29) is 11.7 Å². The third kappa shape index (κ3) is 6.18. The van der Waals surface area contributed by atoms with Crippen molar-refractivity contribution < 1.29 is 8.78 Å². The molecule has 2 heteroatoms. The van der Waals surface area contributed by atoms with Gasteiger partial charge in [-0.1, -0.05) is 129 Å². The first-order chi connectivity index (χ1) is 27.6. The molecule has 4 aromatic rings. The lowest BCUT2D eigenvalue weighted by molar-refractivity contribution is 0.621. The van der Waals surface area contributed by atoms with Gasteiger partial charge >= 0.3 is 0 Å². The summed E-state index contributed by atoms with van der Waals surface area (Å²) in [5.74, 6) is -0.267. The highest BCUT2D eigenvalue weighted by molar-refractivity contribution is 6.08. The van der Waals surface area contributed by atoms with Crippen molar-refractivity contribution in [2.75, 3.05) is 0 Å². The smallest absolute Gasteiger partial charge is 0.126 e. The van der Waals surface area contributed by atoms with Crippen LogP contribution in [0.1, 0.15) is 66.8 Å². The fourth-order valence-electron chi connectivity index (χ4n) is 10.1. The molecular formula is C55H48F2. The quantitative estimate of drug-likeness (QED) is 0.191. The molecule has 4 aromatic carbocycles. The van der Waals surface area contributed by atoms with Crippen LogP contribution < -0.4 is 5.22 Å². The summed E-state index contributed by atoms with van der Waals surface area (Å²) in [6.45, 7) is 17.2. The van der Waals surface area contributed by atoms with Crippen molar-refractivity contribution in [3.8, 4) is 11.1 Å². The van der Waals surface area contributed by atoms with Gasteiger partial charge < -0.3 is 0 Å². The minimum Gasteiger partial charge on any atom is -0.207 e. The predicted molar refractivity (Wildman–Crippen MR) is 239 cm³/mol. The second-order valence-corrected chi connectivity index (χ2v) is 16.4. The summed E-state index contributed by atoms with van der Waals surface area (Å²) >= 11 is 0. The summed E-state index contributed by atoms with van der Waals surface area (Å²) in [6, 6.07) is 24.8. The van der Waals surface area contributed by atoms with E-state index in [0.717, 1.165) is 103 Å². The third-order valence-corrected chi connectivity index (χ3v) is 12.9. The van der Waals surface area contributed by atoms with E-state index < -0.39 is 5.83 Å². The molecule has 0 radical (unpaired) electrons. The minimum atomic E-state index is -0.396. The van der Waals surface area contributed by atoms with Crippen LogP contribution in [0.5, 0.6) is 0 Å². The Hall–Kier alpha value is -5.86. The molecule has 2 atom stereocenters. The number of fused-ring (bicyclic) bond motifs is 2. The Balaban J connectivity index is 1.47. The normalized spacial score (nSPS) is 19.4. The van der Waals surface area contributed by atoms with Crippen LogP contribution in [-0.2, 0) is 0 Å². The molecule has 5 aliphatic carbocycles. The number of allylic oxidation sites excluding steroid dienone is 15. The number of rotatable bonds is 5. The Morgan fingerprint density at radius 1 is 0.825 bits per heavy atom. The Labute approximate surface area is 335 Å². The molecule has 0 spiro atoms. The predicted octanol–water partition coefficient (Wildman–Crippen LogP) is 14.6. The maximum absolute atomic E-state index is 16.3. The summed E-state index contributed by atoms with van der Waals surface area (Å²) in [7, 11) is 0. The first-order valence-electron chi connectivity index (χ1n) is 20.4. The van der Waals surface area contributed by atoms with Crippen LogP contribution >= 0.6 is 0 Å². The first-order valence-corrected chi connectivity index (χ1v) is 20.4. The lowest BCUT2D eigenvalue weighted by Crippen LogP contribution is -2.25. The molecule has 0 amide bonds. The van der Waals surface area contributed by atoms with Crippen molar-refractivity contribution in [2.45, 2.75) is 59.8 Å². The molecule has 9 rings (SSSR count). The zero-order chi connectivity index (χ0) is 39.5. The van der Waals surface area contributed by atoms with Crippen molar-refractivity contribution in [3.05, 3.63) is 207 Å². The van der Waals surface area contributed by atoms with Gasteiger partial charge in [-0.15, -0.1) is 0 Å². The Bertz CT molecular complexity index is 2840. The molecule has 0 saturated carbocycles. The van der Waals surface area contributed by atoms with E-state index in [0.29, 0.717) is 23.5 Å². The molecule has 0 fully saturated rings. The van der Waals surface area contributed by atoms with Crippen LogP contribution in [0.4, 0.5) is 8.78 Å². The van der Waals surface area contributed by atoms with Gasteiger partial charge in [0.15, 0.2) is 0 Å². The summed E-state index contributed by atoms with van der Waals surface area (Å²) in [6.07, 6.45) is 22.1. The van der Waals surface area contributed by atoms with E-state index >= 15 is 8.78 Å². The zero-order valence-electron chi connectivity index (χ0n) is 33.4. The second kappa shape index (κ2) is 14.6. The lowest BCUT2D eigenvalue weighted by Gasteiger charge is -2.31. The van der Waals surface area contributed by atoms with Gasteiger partial charge in [-0.3, -0.25) is 0 Å². The van der Waals surface area contributed by atoms with Crippen molar-refractivity contribution >= 4 is 38.8 Å². The summed E-state index contributed by atoms with van der Waals surface area (Å²) in [5.41, 5.74) is 15.4. The molecular weight excluding hydrogens is 699 g/mol. The number of halogens is 2. The van der Waals surface area contributed by atoms with Crippen molar-refractivity contribution in [2.24, 2.45) is 11.8 Å². The maximum Gasteiger partial charge on any atom is 0.126 e. The fraction of sp³-hybridized carbons (Fsp3) is 0.200. The van der Waals surface area contributed by atoms with Crippen LogP contribution in [0.15, 0.2) is 168 Å².